The van der Waals surface area contributed by atoms with Gasteiger partial charge in [0.15, 0.2) is 0 Å². The first-order valence-electron chi connectivity index (χ1n) is 6.36. The predicted octanol–water partition coefficient (Wildman–Crippen LogP) is 2.70. The Kier molecular flexibility index (Phi) is 4.63. The standard InChI is InChI=1S/C15H18N2O2S/c1-10(6-14-4-3-5-20-14)17-15(18)11-7-12(16)9-13(8-11)19-2/h3-5,7-10H,6,16H2,1-2H3,(H,17,18). The van der Waals surface area contributed by atoms with E-state index in [1.165, 1.54) is 4.88 Å². The van der Waals surface area contributed by atoms with Crippen molar-refractivity contribution in [1.29, 1.82) is 0 Å². The Morgan fingerprint density at radius 1 is 1.45 bits per heavy atom. The van der Waals surface area contributed by atoms with E-state index >= 15 is 0 Å². The first kappa shape index (κ1) is 14.4. The van der Waals surface area contributed by atoms with E-state index in [0.29, 0.717) is 17.0 Å². The maximum Gasteiger partial charge on any atom is 0.251 e. The van der Waals surface area contributed by atoms with Crippen LogP contribution in [0.15, 0.2) is 35.7 Å². The summed E-state index contributed by atoms with van der Waals surface area (Å²) in [7, 11) is 1.55. The van der Waals surface area contributed by atoms with E-state index in [1.807, 2.05) is 18.4 Å². The molecule has 2 aromatic rings. The summed E-state index contributed by atoms with van der Waals surface area (Å²) in [6.07, 6.45) is 0.822. The predicted molar refractivity (Wildman–Crippen MR) is 82.4 cm³/mol. The van der Waals surface area contributed by atoms with Crippen molar-refractivity contribution in [3.63, 3.8) is 0 Å². The summed E-state index contributed by atoms with van der Waals surface area (Å²) in [6, 6.07) is 9.16. The zero-order chi connectivity index (χ0) is 14.5. The quantitative estimate of drug-likeness (QED) is 0.832. The molecule has 0 radical (unpaired) electrons. The first-order valence-corrected chi connectivity index (χ1v) is 7.24. The molecule has 1 amide bonds. The third kappa shape index (κ3) is 3.74. The molecule has 20 heavy (non-hydrogen) atoms. The summed E-state index contributed by atoms with van der Waals surface area (Å²) in [5.74, 6) is 0.445. The van der Waals surface area contributed by atoms with Gasteiger partial charge in [-0.3, -0.25) is 4.79 Å². The van der Waals surface area contributed by atoms with Crippen molar-refractivity contribution in [3.05, 3.63) is 46.2 Å². The number of hydrogen-bond acceptors (Lipinski definition) is 4. The maximum atomic E-state index is 12.2. The highest BCUT2D eigenvalue weighted by atomic mass is 32.1. The third-order valence-corrected chi connectivity index (χ3v) is 3.79. The minimum Gasteiger partial charge on any atom is -0.497 e. The Morgan fingerprint density at radius 2 is 2.25 bits per heavy atom. The first-order chi connectivity index (χ1) is 9.58. The van der Waals surface area contributed by atoms with E-state index in [9.17, 15) is 4.79 Å². The van der Waals surface area contributed by atoms with Gasteiger partial charge in [-0.25, -0.2) is 0 Å². The number of benzene rings is 1. The number of nitrogens with two attached hydrogens (primary N) is 1. The van der Waals surface area contributed by atoms with Gasteiger partial charge in [-0.05, 0) is 30.5 Å². The van der Waals surface area contributed by atoms with Crippen LogP contribution in [0.2, 0.25) is 0 Å². The lowest BCUT2D eigenvalue weighted by molar-refractivity contribution is 0.0940. The topological polar surface area (TPSA) is 64.3 Å². The third-order valence-electron chi connectivity index (χ3n) is 2.89. The molecule has 3 N–H and O–H groups in total. The average molecular weight is 290 g/mol. The van der Waals surface area contributed by atoms with E-state index < -0.39 is 0 Å². The Balaban J connectivity index is 2.02. The number of thiophene rings is 1. The van der Waals surface area contributed by atoms with Crippen LogP contribution in [0.3, 0.4) is 0 Å². The second-order valence-electron chi connectivity index (χ2n) is 4.65. The molecule has 1 unspecified atom stereocenters. The highest BCUT2D eigenvalue weighted by Gasteiger charge is 2.12. The van der Waals surface area contributed by atoms with Crippen LogP contribution in [-0.2, 0) is 6.42 Å². The maximum absolute atomic E-state index is 12.2. The Bertz CT molecular complexity index is 582. The molecule has 2 rings (SSSR count). The molecule has 1 heterocycles. The smallest absolute Gasteiger partial charge is 0.251 e. The summed E-state index contributed by atoms with van der Waals surface area (Å²) in [4.78, 5) is 13.4. The van der Waals surface area contributed by atoms with Crippen molar-refractivity contribution < 1.29 is 9.53 Å². The Labute approximate surface area is 122 Å². The number of carbonyl (C=O) groups is 1. The lowest BCUT2D eigenvalue weighted by Gasteiger charge is -2.14. The number of amides is 1. The zero-order valence-electron chi connectivity index (χ0n) is 11.6. The van der Waals surface area contributed by atoms with Crippen molar-refractivity contribution in [2.24, 2.45) is 0 Å². The molecule has 106 valence electrons. The monoisotopic (exact) mass is 290 g/mol. The molecular weight excluding hydrogens is 272 g/mol. The van der Waals surface area contributed by atoms with Gasteiger partial charge in [-0.2, -0.15) is 0 Å². The molecule has 1 aromatic heterocycles. The fraction of sp³-hybridized carbons (Fsp3) is 0.267. The van der Waals surface area contributed by atoms with Gasteiger partial charge in [0.25, 0.3) is 5.91 Å². The van der Waals surface area contributed by atoms with Crippen LogP contribution in [0.4, 0.5) is 5.69 Å². The molecule has 0 fully saturated rings. The van der Waals surface area contributed by atoms with Crippen molar-refractivity contribution >= 4 is 22.9 Å². The van der Waals surface area contributed by atoms with Gasteiger partial charge in [0, 0.05) is 34.7 Å². The minimum absolute atomic E-state index is 0.0635. The highest BCUT2D eigenvalue weighted by Crippen LogP contribution is 2.18. The van der Waals surface area contributed by atoms with Crippen molar-refractivity contribution in [2.45, 2.75) is 19.4 Å². The summed E-state index contributed by atoms with van der Waals surface area (Å²) in [5.41, 5.74) is 6.78. The fourth-order valence-electron chi connectivity index (χ4n) is 1.96. The molecule has 0 aliphatic rings. The van der Waals surface area contributed by atoms with Gasteiger partial charge in [0.1, 0.15) is 5.75 Å². The van der Waals surface area contributed by atoms with Gasteiger partial charge in [-0.1, -0.05) is 6.07 Å². The molecule has 1 aromatic carbocycles. The molecule has 4 nitrogen and oxygen atoms in total. The lowest BCUT2D eigenvalue weighted by atomic mass is 10.1. The normalized spacial score (nSPS) is 11.9. The zero-order valence-corrected chi connectivity index (χ0v) is 12.4. The highest BCUT2D eigenvalue weighted by molar-refractivity contribution is 7.09. The van der Waals surface area contributed by atoms with Gasteiger partial charge >= 0.3 is 0 Å². The average Bonchev–Trinajstić information content (AvgIpc) is 2.90. The number of nitrogen functional groups attached to an aromatic ring is 1. The van der Waals surface area contributed by atoms with Crippen molar-refractivity contribution in [2.75, 3.05) is 12.8 Å². The van der Waals surface area contributed by atoms with Crippen LogP contribution in [0.25, 0.3) is 0 Å². The second-order valence-corrected chi connectivity index (χ2v) is 5.69. The molecule has 0 bridgehead atoms. The second kappa shape index (κ2) is 6.43. The van der Waals surface area contributed by atoms with E-state index in [-0.39, 0.29) is 11.9 Å². The van der Waals surface area contributed by atoms with E-state index in [0.717, 1.165) is 6.42 Å². The number of methoxy groups -OCH3 is 1. The Morgan fingerprint density at radius 3 is 2.90 bits per heavy atom. The molecule has 0 saturated carbocycles. The van der Waals surface area contributed by atoms with Crippen LogP contribution < -0.4 is 15.8 Å². The SMILES string of the molecule is COc1cc(N)cc(C(=O)NC(C)Cc2cccs2)c1. The summed E-state index contributed by atoms with van der Waals surface area (Å²) in [6.45, 7) is 1.99. The van der Waals surface area contributed by atoms with Crippen LogP contribution in [-0.4, -0.2) is 19.1 Å². The fourth-order valence-corrected chi connectivity index (χ4v) is 2.79. The van der Waals surface area contributed by atoms with Gasteiger partial charge < -0.3 is 15.8 Å². The molecular formula is C15H18N2O2S. The number of rotatable bonds is 5. The minimum atomic E-state index is -0.139. The van der Waals surface area contributed by atoms with Gasteiger partial charge in [0.05, 0.1) is 7.11 Å². The summed E-state index contributed by atoms with van der Waals surface area (Å²) in [5, 5.41) is 5.00. The van der Waals surface area contributed by atoms with E-state index in [2.05, 4.69) is 11.4 Å². The van der Waals surface area contributed by atoms with E-state index in [4.69, 9.17) is 10.5 Å². The number of ether oxygens (including phenoxy) is 1. The van der Waals surface area contributed by atoms with Crippen LogP contribution in [0, 0.1) is 0 Å². The van der Waals surface area contributed by atoms with Crippen LogP contribution in [0.1, 0.15) is 22.2 Å². The Hall–Kier alpha value is -2.01. The largest absolute Gasteiger partial charge is 0.497 e. The van der Waals surface area contributed by atoms with Crippen molar-refractivity contribution in [3.8, 4) is 5.75 Å². The number of carbonyl (C=O) groups excluding carboxylic acids is 1. The number of hydrogen-bond donors (Lipinski definition) is 2. The summed E-state index contributed by atoms with van der Waals surface area (Å²) < 4.78 is 5.12. The van der Waals surface area contributed by atoms with E-state index in [1.54, 1.807) is 36.6 Å². The summed E-state index contributed by atoms with van der Waals surface area (Å²) >= 11 is 1.69. The molecule has 0 aliphatic carbocycles. The van der Waals surface area contributed by atoms with Gasteiger partial charge in [-0.15, -0.1) is 11.3 Å². The molecule has 1 atom stereocenters. The molecule has 0 saturated heterocycles. The van der Waals surface area contributed by atoms with Crippen molar-refractivity contribution in [1.82, 2.24) is 5.32 Å². The molecule has 0 spiro atoms. The molecule has 0 aliphatic heterocycles. The van der Waals surface area contributed by atoms with Crippen LogP contribution in [0.5, 0.6) is 5.75 Å². The number of nitrogens with one attached hydrogen (secondary N) is 1. The number of anilines is 1. The van der Waals surface area contributed by atoms with Gasteiger partial charge in [0.2, 0.25) is 0 Å². The lowest BCUT2D eigenvalue weighted by Crippen LogP contribution is -2.33. The molecule has 5 heteroatoms. The van der Waals surface area contributed by atoms with Crippen LogP contribution >= 0.6 is 11.3 Å².